The third-order valence-electron chi connectivity index (χ3n) is 4.99. The number of aliphatic hydroxyl groups is 1. The van der Waals surface area contributed by atoms with E-state index in [4.69, 9.17) is 9.47 Å². The number of hydrogen-bond donors (Lipinski definition) is 1. The van der Waals surface area contributed by atoms with Gasteiger partial charge in [0.25, 0.3) is 0 Å². The molecule has 0 spiro atoms. The molecule has 0 heterocycles. The van der Waals surface area contributed by atoms with Gasteiger partial charge in [-0.3, -0.25) is 0 Å². The van der Waals surface area contributed by atoms with Gasteiger partial charge < -0.3 is 19.5 Å². The van der Waals surface area contributed by atoms with E-state index in [1.807, 2.05) is 37.9 Å². The Hall–Kier alpha value is -2.58. The number of benzene rings is 2. The first-order valence-corrected chi connectivity index (χ1v) is 9.87. The van der Waals surface area contributed by atoms with Crippen molar-refractivity contribution >= 4 is 12.0 Å². The minimum absolute atomic E-state index is 0.0624. The first kappa shape index (κ1) is 24.7. The maximum absolute atomic E-state index is 14.0. The highest BCUT2D eigenvalue weighted by molar-refractivity contribution is 5.65. The highest BCUT2D eigenvalue weighted by atomic mass is 19.4. The summed E-state index contributed by atoms with van der Waals surface area (Å²) in [6.45, 7) is 5.15. The molecule has 8 heteroatoms. The van der Waals surface area contributed by atoms with E-state index < -0.39 is 23.9 Å². The molecule has 0 saturated heterocycles. The number of alkyl halides is 3. The van der Waals surface area contributed by atoms with Crippen LogP contribution in [0.25, 0.3) is 0 Å². The zero-order valence-electron chi connectivity index (χ0n) is 18.5. The van der Waals surface area contributed by atoms with Crippen molar-refractivity contribution in [1.29, 1.82) is 0 Å². The lowest BCUT2D eigenvalue weighted by molar-refractivity contribution is -0.283. The molecule has 1 N–H and O–H groups in total. The Labute approximate surface area is 181 Å². The van der Waals surface area contributed by atoms with Gasteiger partial charge in [0, 0.05) is 25.2 Å². The molecule has 170 valence electrons. The fraction of sp³-hybridized carbons (Fsp3) is 0.435. The van der Waals surface area contributed by atoms with Gasteiger partial charge in [0.05, 0.1) is 32.3 Å². The predicted molar refractivity (Wildman–Crippen MR) is 115 cm³/mol. The van der Waals surface area contributed by atoms with Gasteiger partial charge >= 0.3 is 6.18 Å². The summed E-state index contributed by atoms with van der Waals surface area (Å²) in [5.41, 5.74) is -1.04. The van der Waals surface area contributed by atoms with Crippen molar-refractivity contribution in [2.24, 2.45) is 4.99 Å². The van der Waals surface area contributed by atoms with Crippen LogP contribution >= 0.6 is 0 Å². The van der Waals surface area contributed by atoms with Crippen LogP contribution in [0.4, 0.5) is 18.9 Å². The minimum Gasteiger partial charge on any atom is -0.496 e. The highest BCUT2D eigenvalue weighted by Crippen LogP contribution is 2.45. The van der Waals surface area contributed by atoms with Crippen LogP contribution in [0.1, 0.15) is 29.2 Å². The second-order valence-corrected chi connectivity index (χ2v) is 7.50. The quantitative estimate of drug-likeness (QED) is 0.447. The number of halogens is 3. The summed E-state index contributed by atoms with van der Waals surface area (Å²) in [5, 5.41) is 10.8. The lowest BCUT2D eigenvalue weighted by Crippen LogP contribution is -2.46. The number of hydrogen-bond acceptors (Lipinski definition) is 4. The van der Waals surface area contributed by atoms with Gasteiger partial charge in [-0.1, -0.05) is 29.8 Å². The van der Waals surface area contributed by atoms with Crippen LogP contribution in [0.2, 0.25) is 0 Å². The Morgan fingerprint density at radius 1 is 1.16 bits per heavy atom. The minimum atomic E-state index is -4.98. The molecule has 0 aliphatic carbocycles. The molecule has 0 aromatic heterocycles. The SMILES string of the molecule is CCN(C)C=Nc1cc(OC)c(C(O)(COCc2cccc(C)c2)C(F)(F)F)cc1C. The van der Waals surface area contributed by atoms with Gasteiger partial charge in [-0.2, -0.15) is 13.2 Å². The summed E-state index contributed by atoms with van der Waals surface area (Å²) < 4.78 is 52.5. The zero-order chi connectivity index (χ0) is 23.2. The lowest BCUT2D eigenvalue weighted by atomic mass is 9.91. The van der Waals surface area contributed by atoms with E-state index in [-0.39, 0.29) is 12.4 Å². The molecule has 0 bridgehead atoms. The highest BCUT2D eigenvalue weighted by Gasteiger charge is 2.56. The molecule has 0 aliphatic heterocycles. The smallest absolute Gasteiger partial charge is 0.423 e. The van der Waals surface area contributed by atoms with Gasteiger partial charge in [-0.05, 0) is 38.0 Å². The van der Waals surface area contributed by atoms with Crippen LogP contribution in [0.5, 0.6) is 5.75 Å². The third kappa shape index (κ3) is 5.98. The summed E-state index contributed by atoms with van der Waals surface area (Å²) in [6.07, 6.45) is -3.39. The normalized spacial score (nSPS) is 14.0. The molecular weight excluding hydrogens is 409 g/mol. The predicted octanol–water partition coefficient (Wildman–Crippen LogP) is 4.89. The Kier molecular flexibility index (Phi) is 8.08. The Morgan fingerprint density at radius 3 is 2.45 bits per heavy atom. The molecule has 0 amide bonds. The van der Waals surface area contributed by atoms with Gasteiger partial charge in [0.15, 0.2) is 0 Å². The van der Waals surface area contributed by atoms with Crippen molar-refractivity contribution in [3.63, 3.8) is 0 Å². The van der Waals surface area contributed by atoms with E-state index in [0.717, 1.165) is 17.7 Å². The Morgan fingerprint density at radius 2 is 1.87 bits per heavy atom. The van der Waals surface area contributed by atoms with Crippen LogP contribution in [0.3, 0.4) is 0 Å². The van der Waals surface area contributed by atoms with Crippen molar-refractivity contribution in [2.45, 2.75) is 39.2 Å². The monoisotopic (exact) mass is 438 g/mol. The molecule has 0 aliphatic rings. The largest absolute Gasteiger partial charge is 0.496 e. The van der Waals surface area contributed by atoms with E-state index in [0.29, 0.717) is 11.3 Å². The molecule has 1 atom stereocenters. The van der Waals surface area contributed by atoms with E-state index in [9.17, 15) is 18.3 Å². The second-order valence-electron chi connectivity index (χ2n) is 7.50. The first-order valence-electron chi connectivity index (χ1n) is 9.87. The van der Waals surface area contributed by atoms with Gasteiger partial charge in [-0.15, -0.1) is 0 Å². The molecule has 5 nitrogen and oxygen atoms in total. The van der Waals surface area contributed by atoms with Crippen LogP contribution in [0, 0.1) is 13.8 Å². The van der Waals surface area contributed by atoms with Crippen LogP contribution in [0.15, 0.2) is 41.4 Å². The summed E-state index contributed by atoms with van der Waals surface area (Å²) in [5.74, 6) is -0.115. The molecule has 2 aromatic rings. The van der Waals surface area contributed by atoms with Crippen LogP contribution in [-0.2, 0) is 16.9 Å². The van der Waals surface area contributed by atoms with E-state index in [1.54, 1.807) is 25.4 Å². The Balaban J connectivity index is 2.37. The molecule has 0 radical (unpaired) electrons. The molecule has 0 saturated carbocycles. The van der Waals surface area contributed by atoms with Gasteiger partial charge in [0.1, 0.15) is 5.75 Å². The molecule has 2 rings (SSSR count). The van der Waals surface area contributed by atoms with Gasteiger partial charge in [-0.25, -0.2) is 4.99 Å². The van der Waals surface area contributed by atoms with Crippen LogP contribution < -0.4 is 4.74 Å². The Bertz CT molecular complexity index is 915. The maximum Gasteiger partial charge on any atom is 0.423 e. The zero-order valence-corrected chi connectivity index (χ0v) is 18.5. The first-order chi connectivity index (χ1) is 14.5. The average molecular weight is 438 g/mol. The number of rotatable bonds is 9. The van der Waals surface area contributed by atoms with Gasteiger partial charge in [0.2, 0.25) is 5.60 Å². The molecule has 0 fully saturated rings. The fourth-order valence-corrected chi connectivity index (χ4v) is 2.98. The second kappa shape index (κ2) is 10.2. The standard InChI is InChI=1S/C23H29F3N2O3/c1-6-28(4)15-27-20-12-21(30-5)19(11-17(20)3)22(29,23(24,25)26)14-31-13-18-9-7-8-16(2)10-18/h7-12,15,29H,6,13-14H2,1-5H3. The molecule has 2 aromatic carbocycles. The summed E-state index contributed by atoms with van der Waals surface area (Å²) in [4.78, 5) is 6.13. The van der Waals surface area contributed by atoms with Crippen molar-refractivity contribution in [1.82, 2.24) is 4.90 Å². The van der Waals surface area contributed by atoms with Crippen molar-refractivity contribution < 1.29 is 27.8 Å². The average Bonchev–Trinajstić information content (AvgIpc) is 2.71. The fourth-order valence-electron chi connectivity index (χ4n) is 2.98. The number of aliphatic imine (C=N–C) groups is 1. The molecule has 1 unspecified atom stereocenters. The summed E-state index contributed by atoms with van der Waals surface area (Å²) >= 11 is 0. The topological polar surface area (TPSA) is 54.3 Å². The van der Waals surface area contributed by atoms with E-state index in [2.05, 4.69) is 4.99 Å². The summed E-state index contributed by atoms with van der Waals surface area (Å²) in [6, 6.07) is 9.89. The molecule has 31 heavy (non-hydrogen) atoms. The molecular formula is C23H29F3N2O3. The van der Waals surface area contributed by atoms with Crippen LogP contribution in [-0.4, -0.2) is 49.8 Å². The number of nitrogens with zero attached hydrogens (tertiary/aromatic N) is 2. The number of ether oxygens (including phenoxy) is 2. The number of methoxy groups -OCH3 is 1. The maximum atomic E-state index is 14.0. The number of aryl methyl sites for hydroxylation is 2. The van der Waals surface area contributed by atoms with Crippen molar-refractivity contribution in [2.75, 3.05) is 27.3 Å². The van der Waals surface area contributed by atoms with E-state index in [1.165, 1.54) is 19.2 Å². The third-order valence-corrected chi connectivity index (χ3v) is 4.99. The van der Waals surface area contributed by atoms with E-state index >= 15 is 0 Å². The van der Waals surface area contributed by atoms with Crippen molar-refractivity contribution in [3.05, 3.63) is 58.7 Å². The lowest BCUT2D eigenvalue weighted by Gasteiger charge is -2.32. The van der Waals surface area contributed by atoms with Crippen molar-refractivity contribution in [3.8, 4) is 5.75 Å². The summed E-state index contributed by atoms with van der Waals surface area (Å²) in [7, 11) is 3.09.